The van der Waals surface area contributed by atoms with Gasteiger partial charge >= 0.3 is 0 Å². The highest BCUT2D eigenvalue weighted by molar-refractivity contribution is 5.03. The smallest absolute Gasteiger partial charge is 0.0160 e. The van der Waals surface area contributed by atoms with E-state index in [0.29, 0.717) is 22.7 Å². The number of rotatable bonds is 8. The first kappa shape index (κ1) is 31.0. The Morgan fingerprint density at radius 3 is 1.06 bits per heavy atom. The Labute approximate surface area is 199 Å². The summed E-state index contributed by atoms with van der Waals surface area (Å²) in [7, 11) is 0. The van der Waals surface area contributed by atoms with E-state index in [1.807, 2.05) is 0 Å². The maximum atomic E-state index is 4.17. The van der Waals surface area contributed by atoms with E-state index in [1.54, 1.807) is 0 Å². The quantitative estimate of drug-likeness (QED) is 0.398. The summed E-state index contributed by atoms with van der Waals surface area (Å²) in [5.74, 6) is 1.20. The van der Waals surface area contributed by atoms with Crippen LogP contribution < -0.4 is 5.32 Å². The monoisotopic (exact) mass is 437 g/mol. The predicted molar refractivity (Wildman–Crippen MR) is 144 cm³/mol. The molecular weight excluding hydrogens is 374 g/mol. The Kier molecular flexibility index (Phi) is 9.29. The summed E-state index contributed by atoms with van der Waals surface area (Å²) in [5, 5.41) is 4.17. The zero-order valence-electron chi connectivity index (χ0n) is 25.3. The van der Waals surface area contributed by atoms with Crippen molar-refractivity contribution >= 4 is 0 Å². The first-order chi connectivity index (χ1) is 13.1. The van der Waals surface area contributed by atoms with Gasteiger partial charge in [0.2, 0.25) is 0 Å². The standard InChI is InChI=1S/C30H63N/c1-22(26(9,10)11)29(17,18)31-28(15,16)21-30(19-24(3,4)5,20-25(6,7)8)23(2)27(12,13)14/h22-23,31H,19-21H2,1-18H3. The van der Waals surface area contributed by atoms with Gasteiger partial charge in [-0.1, -0.05) is 96.9 Å². The second-order valence-electron chi connectivity index (χ2n) is 16.9. The van der Waals surface area contributed by atoms with Gasteiger partial charge in [-0.05, 0) is 85.9 Å². The molecule has 2 atom stereocenters. The largest absolute Gasteiger partial charge is 0.307 e. The van der Waals surface area contributed by atoms with Crippen molar-refractivity contribution in [3.05, 3.63) is 0 Å². The normalized spacial score (nSPS) is 17.6. The number of nitrogens with one attached hydrogen (secondary N) is 1. The highest BCUT2D eigenvalue weighted by Gasteiger charge is 2.49. The van der Waals surface area contributed by atoms with Gasteiger partial charge in [-0.15, -0.1) is 0 Å². The van der Waals surface area contributed by atoms with Crippen molar-refractivity contribution in [1.82, 2.24) is 5.32 Å². The molecule has 2 unspecified atom stereocenters. The van der Waals surface area contributed by atoms with Crippen LogP contribution in [0.4, 0.5) is 0 Å². The molecule has 0 aromatic rings. The zero-order chi connectivity index (χ0) is 25.5. The van der Waals surface area contributed by atoms with E-state index in [9.17, 15) is 0 Å². The maximum absolute atomic E-state index is 4.17. The summed E-state index contributed by atoms with van der Waals surface area (Å²) in [4.78, 5) is 0. The molecule has 0 rings (SSSR count). The first-order valence-corrected chi connectivity index (χ1v) is 12.9. The van der Waals surface area contributed by atoms with Crippen molar-refractivity contribution in [2.24, 2.45) is 38.9 Å². The van der Waals surface area contributed by atoms with Crippen LogP contribution in [-0.4, -0.2) is 11.1 Å². The summed E-state index contributed by atoms with van der Waals surface area (Å²) in [6.07, 6.45) is 3.72. The van der Waals surface area contributed by atoms with Crippen molar-refractivity contribution in [3.8, 4) is 0 Å². The van der Waals surface area contributed by atoms with Gasteiger partial charge in [0.1, 0.15) is 0 Å². The molecule has 0 aliphatic heterocycles. The molecule has 0 amide bonds. The van der Waals surface area contributed by atoms with Crippen LogP contribution in [0, 0.1) is 38.9 Å². The third kappa shape index (κ3) is 10.2. The minimum Gasteiger partial charge on any atom is -0.307 e. The van der Waals surface area contributed by atoms with E-state index in [4.69, 9.17) is 0 Å². The lowest BCUT2D eigenvalue weighted by molar-refractivity contribution is -0.0361. The lowest BCUT2D eigenvalue weighted by atomic mass is 9.52. The van der Waals surface area contributed by atoms with E-state index in [2.05, 4.69) is 130 Å². The van der Waals surface area contributed by atoms with E-state index < -0.39 is 0 Å². The van der Waals surface area contributed by atoms with Gasteiger partial charge in [-0.3, -0.25) is 0 Å². The topological polar surface area (TPSA) is 12.0 Å². The van der Waals surface area contributed by atoms with Gasteiger partial charge < -0.3 is 5.32 Å². The van der Waals surface area contributed by atoms with Crippen LogP contribution in [0.15, 0.2) is 0 Å². The van der Waals surface area contributed by atoms with Crippen molar-refractivity contribution in [2.75, 3.05) is 0 Å². The molecule has 0 fully saturated rings. The molecule has 0 aliphatic rings. The van der Waals surface area contributed by atoms with Crippen molar-refractivity contribution < 1.29 is 0 Å². The maximum Gasteiger partial charge on any atom is 0.0160 e. The van der Waals surface area contributed by atoms with E-state index in [1.165, 1.54) is 19.3 Å². The Balaban J connectivity index is 6.40. The van der Waals surface area contributed by atoms with Gasteiger partial charge in [0.05, 0.1) is 0 Å². The first-order valence-electron chi connectivity index (χ1n) is 12.9. The van der Waals surface area contributed by atoms with Crippen LogP contribution in [0.1, 0.15) is 144 Å². The van der Waals surface area contributed by atoms with Crippen LogP contribution in [0.25, 0.3) is 0 Å². The molecule has 1 nitrogen and oxygen atoms in total. The molecule has 0 spiro atoms. The summed E-state index contributed by atoms with van der Waals surface area (Å²) >= 11 is 0. The van der Waals surface area contributed by atoms with Crippen LogP contribution in [0.2, 0.25) is 0 Å². The molecule has 0 aromatic heterocycles. The SMILES string of the molecule is CC(C(C)(C)C)C(CC(C)(C)C)(CC(C)(C)C)CC(C)(C)NC(C)(C)C(C)C(C)(C)C. The summed E-state index contributed by atoms with van der Waals surface area (Å²) < 4.78 is 0. The van der Waals surface area contributed by atoms with E-state index >= 15 is 0 Å². The molecular formula is C30H63N. The minimum absolute atomic E-state index is 0.0546. The van der Waals surface area contributed by atoms with Crippen molar-refractivity contribution in [2.45, 2.75) is 155 Å². The zero-order valence-corrected chi connectivity index (χ0v) is 25.3. The summed E-state index contributed by atoms with van der Waals surface area (Å²) in [5.41, 5.74) is 1.55. The third-order valence-corrected chi connectivity index (χ3v) is 7.82. The number of hydrogen-bond acceptors (Lipinski definition) is 1. The molecule has 0 aromatic carbocycles. The van der Waals surface area contributed by atoms with E-state index in [-0.39, 0.29) is 27.3 Å². The van der Waals surface area contributed by atoms with Gasteiger partial charge in [0, 0.05) is 11.1 Å². The van der Waals surface area contributed by atoms with Gasteiger partial charge in [0.15, 0.2) is 0 Å². The molecule has 0 bridgehead atoms. The second kappa shape index (κ2) is 9.31. The Morgan fingerprint density at radius 2 is 0.806 bits per heavy atom. The number of hydrogen-bond donors (Lipinski definition) is 1. The average Bonchev–Trinajstić information content (AvgIpc) is 2.37. The third-order valence-electron chi connectivity index (χ3n) is 7.82. The van der Waals surface area contributed by atoms with Gasteiger partial charge in [-0.25, -0.2) is 0 Å². The fraction of sp³-hybridized carbons (Fsp3) is 1.00. The molecule has 0 radical (unpaired) electrons. The molecule has 1 heteroatoms. The molecule has 0 aliphatic carbocycles. The lowest BCUT2D eigenvalue weighted by Gasteiger charge is -2.55. The Hall–Kier alpha value is -0.0400. The predicted octanol–water partition coefficient (Wildman–Crippen LogP) is 9.75. The van der Waals surface area contributed by atoms with Gasteiger partial charge in [-0.2, -0.15) is 0 Å². The molecule has 0 saturated heterocycles. The lowest BCUT2D eigenvalue weighted by Crippen LogP contribution is -2.60. The molecule has 31 heavy (non-hydrogen) atoms. The van der Waals surface area contributed by atoms with Crippen LogP contribution in [0.3, 0.4) is 0 Å². The molecule has 1 N–H and O–H groups in total. The highest BCUT2D eigenvalue weighted by Crippen LogP contribution is 2.56. The van der Waals surface area contributed by atoms with Crippen LogP contribution in [-0.2, 0) is 0 Å². The van der Waals surface area contributed by atoms with Crippen molar-refractivity contribution in [3.63, 3.8) is 0 Å². The summed E-state index contributed by atoms with van der Waals surface area (Å²) in [6, 6.07) is 0. The molecule has 0 heterocycles. The van der Waals surface area contributed by atoms with Gasteiger partial charge in [0.25, 0.3) is 0 Å². The fourth-order valence-electron chi connectivity index (χ4n) is 6.66. The second-order valence-corrected chi connectivity index (χ2v) is 16.9. The Bertz CT molecular complexity index is 535. The van der Waals surface area contributed by atoms with E-state index in [0.717, 1.165) is 0 Å². The average molecular weight is 438 g/mol. The van der Waals surface area contributed by atoms with Crippen LogP contribution in [0.5, 0.6) is 0 Å². The fourth-order valence-corrected chi connectivity index (χ4v) is 6.66. The molecule has 0 saturated carbocycles. The molecule has 188 valence electrons. The van der Waals surface area contributed by atoms with Crippen molar-refractivity contribution in [1.29, 1.82) is 0 Å². The highest BCUT2D eigenvalue weighted by atomic mass is 15.0. The van der Waals surface area contributed by atoms with Crippen LogP contribution >= 0.6 is 0 Å². The Morgan fingerprint density at radius 1 is 0.484 bits per heavy atom. The summed E-state index contributed by atoms with van der Waals surface area (Å²) in [6.45, 7) is 43.8. The minimum atomic E-state index is 0.0546.